The Morgan fingerprint density at radius 3 is 2.42 bits per heavy atom. The molecule has 0 spiro atoms. The molecule has 4 atom stereocenters. The third kappa shape index (κ3) is 5.11. The minimum Gasteiger partial charge on any atom is -0.465 e. The van der Waals surface area contributed by atoms with E-state index in [1.807, 2.05) is 30.3 Å². The van der Waals surface area contributed by atoms with Gasteiger partial charge in [0.1, 0.15) is 5.60 Å². The number of hydrogen-bond donors (Lipinski definition) is 3. The normalized spacial score (nSPS) is 26.3. The molecule has 0 bridgehead atoms. The Hall–Kier alpha value is -2.28. The number of nitrogens with one attached hydrogen (secondary N) is 1. The molecule has 144 valence electrons. The number of carbonyl (C=O) groups is 2. The fourth-order valence-corrected chi connectivity index (χ4v) is 3.27. The molecule has 2 amide bonds. The predicted octanol–water partition coefficient (Wildman–Crippen LogP) is 2.48. The van der Waals surface area contributed by atoms with Crippen LogP contribution in [-0.2, 0) is 11.2 Å². The van der Waals surface area contributed by atoms with Crippen LogP contribution in [0.15, 0.2) is 30.3 Å². The maximum absolute atomic E-state index is 12.2. The summed E-state index contributed by atoms with van der Waals surface area (Å²) in [5.41, 5.74) is 0.248. The number of aliphatic hydroxyl groups excluding tert-OH is 1. The van der Waals surface area contributed by atoms with Crippen LogP contribution in [-0.4, -0.2) is 57.6 Å². The number of carbonyl (C=O) groups excluding carboxylic acids is 1. The summed E-state index contributed by atoms with van der Waals surface area (Å²) < 4.78 is 5.29. The van der Waals surface area contributed by atoms with Crippen molar-refractivity contribution in [3.8, 4) is 0 Å². The van der Waals surface area contributed by atoms with E-state index >= 15 is 0 Å². The number of nitrogens with zero attached hydrogens (tertiary/aromatic N) is 1. The van der Waals surface area contributed by atoms with Crippen molar-refractivity contribution in [3.05, 3.63) is 35.9 Å². The smallest absolute Gasteiger partial charge is 0.408 e. The summed E-state index contributed by atoms with van der Waals surface area (Å²) in [5, 5.41) is 23.0. The second-order valence-electron chi connectivity index (χ2n) is 7.83. The van der Waals surface area contributed by atoms with Gasteiger partial charge in [-0.2, -0.15) is 0 Å². The molecule has 7 nitrogen and oxygen atoms in total. The van der Waals surface area contributed by atoms with Gasteiger partial charge in [0.15, 0.2) is 0 Å². The quantitative estimate of drug-likeness (QED) is 0.765. The van der Waals surface area contributed by atoms with Crippen molar-refractivity contribution >= 4 is 12.2 Å². The van der Waals surface area contributed by atoms with Gasteiger partial charge in [-0.05, 0) is 32.8 Å². The van der Waals surface area contributed by atoms with Crippen molar-refractivity contribution in [1.29, 1.82) is 0 Å². The van der Waals surface area contributed by atoms with Gasteiger partial charge in [0, 0.05) is 12.5 Å². The van der Waals surface area contributed by atoms with Gasteiger partial charge in [0.2, 0.25) is 0 Å². The van der Waals surface area contributed by atoms with Crippen LogP contribution in [0.5, 0.6) is 0 Å². The number of carboxylic acid groups (broad SMARTS) is 1. The number of rotatable bonds is 3. The summed E-state index contributed by atoms with van der Waals surface area (Å²) in [5.74, 6) is -0.307. The number of aliphatic hydroxyl groups is 1. The molecule has 2 rings (SSSR count). The molecule has 0 aromatic heterocycles. The molecule has 0 aliphatic carbocycles. The van der Waals surface area contributed by atoms with Crippen molar-refractivity contribution in [2.45, 2.75) is 57.9 Å². The van der Waals surface area contributed by atoms with Gasteiger partial charge in [-0.15, -0.1) is 0 Å². The van der Waals surface area contributed by atoms with Gasteiger partial charge >= 0.3 is 12.2 Å². The van der Waals surface area contributed by atoms with Crippen LogP contribution in [0.2, 0.25) is 0 Å². The van der Waals surface area contributed by atoms with E-state index in [1.54, 1.807) is 27.7 Å². The van der Waals surface area contributed by atoms with Gasteiger partial charge in [0.25, 0.3) is 0 Å². The van der Waals surface area contributed by atoms with E-state index in [-0.39, 0.29) is 12.5 Å². The molecule has 0 radical (unpaired) electrons. The van der Waals surface area contributed by atoms with Crippen LogP contribution in [0.3, 0.4) is 0 Å². The zero-order chi connectivity index (χ0) is 19.5. The van der Waals surface area contributed by atoms with Crippen molar-refractivity contribution in [2.24, 2.45) is 5.92 Å². The van der Waals surface area contributed by atoms with Gasteiger partial charge < -0.3 is 25.2 Å². The predicted molar refractivity (Wildman–Crippen MR) is 97.0 cm³/mol. The molecule has 1 saturated heterocycles. The van der Waals surface area contributed by atoms with Crippen molar-refractivity contribution in [3.63, 3.8) is 0 Å². The molecule has 0 saturated carbocycles. The Bertz CT molecular complexity index is 629. The highest BCUT2D eigenvalue weighted by Gasteiger charge is 2.44. The molecule has 7 heteroatoms. The van der Waals surface area contributed by atoms with Crippen LogP contribution in [0.1, 0.15) is 33.3 Å². The van der Waals surface area contributed by atoms with Crippen molar-refractivity contribution in [2.75, 3.05) is 6.54 Å². The molecule has 26 heavy (non-hydrogen) atoms. The molecule has 4 unspecified atom stereocenters. The summed E-state index contributed by atoms with van der Waals surface area (Å²) >= 11 is 0. The van der Waals surface area contributed by atoms with Gasteiger partial charge in [-0.25, -0.2) is 9.59 Å². The number of likely N-dealkylation sites (tertiary alicyclic amines) is 1. The number of amides is 2. The SMILES string of the molecule is CC1CN(C(=O)O)C(Cc2ccccc2)C(NC(=O)OC(C)(C)C)C1O. The van der Waals surface area contributed by atoms with Crippen molar-refractivity contribution < 1.29 is 24.5 Å². The number of alkyl carbamates (subject to hydrolysis) is 1. The third-order valence-corrected chi connectivity index (χ3v) is 4.47. The van der Waals surface area contributed by atoms with E-state index in [0.717, 1.165) is 5.56 Å². The second-order valence-corrected chi connectivity index (χ2v) is 7.83. The van der Waals surface area contributed by atoms with E-state index < -0.39 is 36.0 Å². The third-order valence-electron chi connectivity index (χ3n) is 4.47. The summed E-state index contributed by atoms with van der Waals surface area (Å²) in [4.78, 5) is 25.3. The molecule has 1 heterocycles. The lowest BCUT2D eigenvalue weighted by atomic mass is 9.84. The van der Waals surface area contributed by atoms with E-state index in [2.05, 4.69) is 5.32 Å². The number of ether oxygens (including phenoxy) is 1. The summed E-state index contributed by atoms with van der Waals surface area (Å²) in [7, 11) is 0. The van der Waals surface area contributed by atoms with Crippen LogP contribution < -0.4 is 5.32 Å². The summed E-state index contributed by atoms with van der Waals surface area (Å²) in [6, 6.07) is 8.08. The minimum atomic E-state index is -1.07. The average Bonchev–Trinajstić information content (AvgIpc) is 2.53. The molecule has 1 aromatic rings. The molecular weight excluding hydrogens is 336 g/mol. The lowest BCUT2D eigenvalue weighted by Gasteiger charge is -2.45. The standard InChI is InChI=1S/C19H28N2O5/c1-12-11-21(18(24)25)14(10-13-8-6-5-7-9-13)15(16(12)22)20-17(23)26-19(2,3)4/h5-9,12,14-16,22H,10-11H2,1-4H3,(H,20,23)(H,24,25). The Morgan fingerprint density at radius 1 is 1.27 bits per heavy atom. The first kappa shape index (κ1) is 20.0. The fourth-order valence-electron chi connectivity index (χ4n) is 3.27. The average molecular weight is 364 g/mol. The molecule has 1 aromatic carbocycles. The highest BCUT2D eigenvalue weighted by molar-refractivity contribution is 5.69. The monoisotopic (exact) mass is 364 g/mol. The minimum absolute atomic E-state index is 0.209. The molecule has 1 aliphatic heterocycles. The lowest BCUT2D eigenvalue weighted by Crippen LogP contribution is -2.66. The Morgan fingerprint density at radius 2 is 1.88 bits per heavy atom. The zero-order valence-electron chi connectivity index (χ0n) is 15.7. The topological polar surface area (TPSA) is 99.1 Å². The van der Waals surface area contributed by atoms with Crippen LogP contribution in [0.4, 0.5) is 9.59 Å². The van der Waals surface area contributed by atoms with Crippen LogP contribution in [0.25, 0.3) is 0 Å². The van der Waals surface area contributed by atoms with Gasteiger partial charge in [-0.1, -0.05) is 37.3 Å². The highest BCUT2D eigenvalue weighted by atomic mass is 16.6. The lowest BCUT2D eigenvalue weighted by molar-refractivity contribution is -0.0280. The Kier molecular flexibility index (Phi) is 6.13. The first-order valence-corrected chi connectivity index (χ1v) is 8.79. The number of benzene rings is 1. The number of piperidine rings is 1. The van der Waals surface area contributed by atoms with E-state index in [9.17, 15) is 19.8 Å². The van der Waals surface area contributed by atoms with Gasteiger partial charge in [0.05, 0.1) is 18.2 Å². The van der Waals surface area contributed by atoms with Gasteiger partial charge in [-0.3, -0.25) is 0 Å². The van der Waals surface area contributed by atoms with E-state index in [4.69, 9.17) is 4.74 Å². The van der Waals surface area contributed by atoms with E-state index in [0.29, 0.717) is 6.42 Å². The second kappa shape index (κ2) is 7.95. The fraction of sp³-hybridized carbons (Fsp3) is 0.579. The maximum Gasteiger partial charge on any atom is 0.408 e. The molecule has 1 aliphatic rings. The summed E-state index contributed by atoms with van der Waals surface area (Å²) in [6.07, 6.45) is -2.22. The van der Waals surface area contributed by atoms with Crippen LogP contribution >= 0.6 is 0 Å². The zero-order valence-corrected chi connectivity index (χ0v) is 15.7. The number of hydrogen-bond acceptors (Lipinski definition) is 4. The van der Waals surface area contributed by atoms with Crippen LogP contribution in [0, 0.1) is 5.92 Å². The molecule has 1 fully saturated rings. The molecular formula is C19H28N2O5. The highest BCUT2D eigenvalue weighted by Crippen LogP contribution is 2.26. The van der Waals surface area contributed by atoms with Crippen molar-refractivity contribution in [1.82, 2.24) is 10.2 Å². The summed E-state index contributed by atoms with van der Waals surface area (Å²) in [6.45, 7) is 7.22. The maximum atomic E-state index is 12.2. The first-order valence-electron chi connectivity index (χ1n) is 8.79. The Balaban J connectivity index is 2.27. The molecule has 3 N–H and O–H groups in total. The van der Waals surface area contributed by atoms with E-state index in [1.165, 1.54) is 4.90 Å². The largest absolute Gasteiger partial charge is 0.465 e. The Labute approximate surface area is 154 Å². The first-order chi connectivity index (χ1) is 12.1.